The van der Waals surface area contributed by atoms with Crippen molar-refractivity contribution in [2.45, 2.75) is 25.9 Å². The second-order valence-electron chi connectivity index (χ2n) is 8.11. The zero-order valence-corrected chi connectivity index (χ0v) is 21.5. The van der Waals surface area contributed by atoms with Crippen molar-refractivity contribution < 1.29 is 28.2 Å². The van der Waals surface area contributed by atoms with Crippen LogP contribution >= 0.6 is 27.7 Å². The van der Waals surface area contributed by atoms with E-state index in [1.54, 1.807) is 41.3 Å². The third kappa shape index (κ3) is 5.87. The summed E-state index contributed by atoms with van der Waals surface area (Å²) in [5, 5.41) is -0.473. The summed E-state index contributed by atoms with van der Waals surface area (Å²) in [5.41, 5.74) is 0.996. The van der Waals surface area contributed by atoms with Gasteiger partial charge >= 0.3 is 0 Å². The van der Waals surface area contributed by atoms with E-state index in [9.17, 15) is 18.8 Å². The Morgan fingerprint density at radius 3 is 2.60 bits per heavy atom. The van der Waals surface area contributed by atoms with Crippen LogP contribution in [0.2, 0.25) is 0 Å². The lowest BCUT2D eigenvalue weighted by molar-refractivity contribution is -0.136. The van der Waals surface area contributed by atoms with E-state index in [1.807, 2.05) is 0 Å². The molecular formula is C25H24BrFN2O5S. The van der Waals surface area contributed by atoms with Crippen LogP contribution in [0.15, 0.2) is 45.8 Å². The van der Waals surface area contributed by atoms with Crippen LogP contribution < -0.4 is 9.47 Å². The first kappa shape index (κ1) is 25.2. The number of piperidine rings is 1. The molecule has 10 heteroatoms. The number of thioether (sulfide) groups is 1. The van der Waals surface area contributed by atoms with Crippen molar-refractivity contribution in [2.24, 2.45) is 0 Å². The van der Waals surface area contributed by atoms with Gasteiger partial charge in [0.2, 0.25) is 5.91 Å². The maximum Gasteiger partial charge on any atom is 0.294 e. The van der Waals surface area contributed by atoms with Gasteiger partial charge in [0.25, 0.3) is 11.1 Å². The molecule has 0 aromatic heterocycles. The number of methoxy groups -OCH3 is 1. The van der Waals surface area contributed by atoms with Gasteiger partial charge in [0.1, 0.15) is 19.0 Å². The largest absolute Gasteiger partial charge is 0.493 e. The summed E-state index contributed by atoms with van der Waals surface area (Å²) in [6.07, 6.45) is 4.52. The Balaban J connectivity index is 1.49. The minimum absolute atomic E-state index is 0.0127. The number of ether oxygens (including phenoxy) is 2. The SMILES string of the molecule is COc1cc(/C=C2\SC(=O)N(CC(=O)N3CCCCC3)C2=O)c(Br)cc1OCc1ccccc1F. The highest BCUT2D eigenvalue weighted by Crippen LogP contribution is 2.38. The standard InChI is InChI=1S/C25H24BrFN2O5S/c1-33-20-11-17(18(26)13-21(20)34-15-16-7-3-4-8-19(16)27)12-22-24(31)29(25(32)35-22)14-23(30)28-9-5-2-6-10-28/h3-4,7-8,11-13H,2,5-6,9-10,14-15H2,1H3/b22-12-. The lowest BCUT2D eigenvalue weighted by Gasteiger charge is -2.27. The first-order chi connectivity index (χ1) is 16.9. The molecule has 35 heavy (non-hydrogen) atoms. The van der Waals surface area contributed by atoms with E-state index in [0.29, 0.717) is 40.2 Å². The van der Waals surface area contributed by atoms with E-state index in [1.165, 1.54) is 13.2 Å². The molecule has 0 saturated carbocycles. The third-order valence-electron chi connectivity index (χ3n) is 5.79. The Hall–Kier alpha value is -2.85. The number of hydrogen-bond donors (Lipinski definition) is 0. The first-order valence-corrected chi connectivity index (χ1v) is 12.7. The average molecular weight is 563 g/mol. The van der Waals surface area contributed by atoms with Crippen LogP contribution in [0.25, 0.3) is 6.08 Å². The van der Waals surface area contributed by atoms with Crippen LogP contribution in [0, 0.1) is 5.82 Å². The number of nitrogens with zero attached hydrogens (tertiary/aromatic N) is 2. The molecule has 4 rings (SSSR count). The van der Waals surface area contributed by atoms with Gasteiger partial charge < -0.3 is 14.4 Å². The van der Waals surface area contributed by atoms with E-state index in [0.717, 1.165) is 35.9 Å². The number of benzene rings is 2. The molecule has 0 radical (unpaired) electrons. The van der Waals surface area contributed by atoms with Gasteiger partial charge in [-0.25, -0.2) is 4.39 Å². The lowest BCUT2D eigenvalue weighted by Crippen LogP contribution is -2.44. The number of amides is 3. The van der Waals surface area contributed by atoms with Crippen molar-refractivity contribution >= 4 is 50.8 Å². The molecule has 0 atom stereocenters. The van der Waals surface area contributed by atoms with Crippen molar-refractivity contribution in [1.82, 2.24) is 9.80 Å². The zero-order chi connectivity index (χ0) is 24.9. The molecule has 2 aromatic rings. The van der Waals surface area contributed by atoms with Gasteiger partial charge in [-0.2, -0.15) is 0 Å². The maximum atomic E-state index is 13.9. The number of imide groups is 1. The third-order valence-corrected chi connectivity index (χ3v) is 7.38. The molecule has 2 heterocycles. The van der Waals surface area contributed by atoms with E-state index in [2.05, 4.69) is 15.9 Å². The molecule has 3 amide bonds. The van der Waals surface area contributed by atoms with Crippen molar-refractivity contribution in [3.8, 4) is 11.5 Å². The van der Waals surface area contributed by atoms with Gasteiger partial charge in [-0.3, -0.25) is 19.3 Å². The molecule has 0 bridgehead atoms. The highest BCUT2D eigenvalue weighted by molar-refractivity contribution is 9.10. The Bertz CT molecular complexity index is 1180. The Morgan fingerprint density at radius 1 is 1.14 bits per heavy atom. The quantitative estimate of drug-likeness (QED) is 0.430. The zero-order valence-electron chi connectivity index (χ0n) is 19.1. The van der Waals surface area contributed by atoms with E-state index in [-0.39, 0.29) is 29.8 Å². The molecule has 2 aliphatic heterocycles. The van der Waals surface area contributed by atoms with Crippen LogP contribution in [-0.4, -0.2) is 53.6 Å². The number of likely N-dealkylation sites (tertiary alicyclic amines) is 1. The number of rotatable bonds is 7. The molecular weight excluding hydrogens is 539 g/mol. The summed E-state index contributed by atoms with van der Waals surface area (Å²) in [5.74, 6) is -0.310. The number of carbonyl (C=O) groups excluding carboxylic acids is 3. The fourth-order valence-corrected chi connectivity index (χ4v) is 5.13. The van der Waals surface area contributed by atoms with Gasteiger partial charge in [0.05, 0.1) is 12.0 Å². The van der Waals surface area contributed by atoms with Gasteiger partial charge in [0, 0.05) is 23.1 Å². The van der Waals surface area contributed by atoms with Gasteiger partial charge in [-0.15, -0.1) is 0 Å². The predicted molar refractivity (Wildman–Crippen MR) is 135 cm³/mol. The smallest absolute Gasteiger partial charge is 0.294 e. The average Bonchev–Trinajstić information content (AvgIpc) is 3.12. The predicted octanol–water partition coefficient (Wildman–Crippen LogP) is 5.22. The van der Waals surface area contributed by atoms with Gasteiger partial charge in [0.15, 0.2) is 11.5 Å². The van der Waals surface area contributed by atoms with E-state index < -0.39 is 11.1 Å². The van der Waals surface area contributed by atoms with Crippen molar-refractivity contribution in [1.29, 1.82) is 0 Å². The van der Waals surface area contributed by atoms with Crippen LogP contribution in [0.1, 0.15) is 30.4 Å². The molecule has 0 unspecified atom stereocenters. The first-order valence-electron chi connectivity index (χ1n) is 11.1. The molecule has 0 spiro atoms. The molecule has 2 saturated heterocycles. The van der Waals surface area contributed by atoms with Crippen LogP contribution in [0.3, 0.4) is 0 Å². The minimum atomic E-state index is -0.504. The highest BCUT2D eigenvalue weighted by Gasteiger charge is 2.37. The summed E-state index contributed by atoms with van der Waals surface area (Å²) in [6.45, 7) is 1.07. The fourth-order valence-electron chi connectivity index (χ4n) is 3.86. The number of carbonyl (C=O) groups is 3. The second-order valence-corrected chi connectivity index (χ2v) is 9.96. The Kier molecular flexibility index (Phi) is 8.12. The molecule has 2 aliphatic rings. The maximum absolute atomic E-state index is 13.9. The molecule has 184 valence electrons. The normalized spacial score (nSPS) is 17.3. The summed E-state index contributed by atoms with van der Waals surface area (Å²) in [7, 11) is 1.48. The van der Waals surface area contributed by atoms with Crippen LogP contribution in [0.4, 0.5) is 9.18 Å². The Labute approximate surface area is 215 Å². The molecule has 0 aliphatic carbocycles. The summed E-state index contributed by atoms with van der Waals surface area (Å²) in [4.78, 5) is 40.9. The van der Waals surface area contributed by atoms with Crippen LogP contribution in [0.5, 0.6) is 11.5 Å². The summed E-state index contributed by atoms with van der Waals surface area (Å²) < 4.78 is 25.7. The van der Waals surface area contributed by atoms with E-state index in [4.69, 9.17) is 9.47 Å². The molecule has 2 fully saturated rings. The second kappa shape index (κ2) is 11.3. The topological polar surface area (TPSA) is 76.2 Å². The molecule has 0 N–H and O–H groups in total. The van der Waals surface area contributed by atoms with Gasteiger partial charge in [-0.1, -0.05) is 34.1 Å². The van der Waals surface area contributed by atoms with Crippen molar-refractivity contribution in [2.75, 3.05) is 26.7 Å². The minimum Gasteiger partial charge on any atom is -0.493 e. The molecule has 2 aromatic carbocycles. The monoisotopic (exact) mass is 562 g/mol. The lowest BCUT2D eigenvalue weighted by atomic mass is 10.1. The summed E-state index contributed by atoms with van der Waals surface area (Å²) >= 11 is 4.26. The fraction of sp³-hybridized carbons (Fsp3) is 0.320. The Morgan fingerprint density at radius 2 is 1.89 bits per heavy atom. The highest BCUT2D eigenvalue weighted by atomic mass is 79.9. The number of halogens is 2. The van der Waals surface area contributed by atoms with E-state index >= 15 is 0 Å². The molecule has 7 nitrogen and oxygen atoms in total. The van der Waals surface area contributed by atoms with Crippen molar-refractivity contribution in [3.63, 3.8) is 0 Å². The van der Waals surface area contributed by atoms with Crippen LogP contribution in [-0.2, 0) is 16.2 Å². The van der Waals surface area contributed by atoms with Gasteiger partial charge in [-0.05, 0) is 60.9 Å². The van der Waals surface area contributed by atoms with Crippen molar-refractivity contribution in [3.05, 3.63) is 62.7 Å². The number of hydrogen-bond acceptors (Lipinski definition) is 6. The summed E-state index contributed by atoms with van der Waals surface area (Å²) in [6, 6.07) is 9.66.